The topological polar surface area (TPSA) is 12.0 Å². The highest BCUT2D eigenvalue weighted by Gasteiger charge is 1.92. The van der Waals surface area contributed by atoms with Crippen molar-refractivity contribution in [2.45, 2.75) is 57.8 Å². The molecule has 1 nitrogen and oxygen atoms in total. The second kappa shape index (κ2) is 13.7. The van der Waals surface area contributed by atoms with Gasteiger partial charge in [0.1, 0.15) is 4.32 Å². The van der Waals surface area contributed by atoms with E-state index in [0.717, 1.165) is 12.3 Å². The molecule has 0 bridgehead atoms. The van der Waals surface area contributed by atoms with Crippen molar-refractivity contribution in [3.05, 3.63) is 0 Å². The third-order valence-corrected chi connectivity index (χ3v) is 3.23. The number of hydrogen-bond donors (Lipinski definition) is 3. The van der Waals surface area contributed by atoms with Gasteiger partial charge in [-0.1, -0.05) is 57.2 Å². The van der Waals surface area contributed by atoms with Gasteiger partial charge in [-0.2, -0.15) is 12.6 Å². The first-order chi connectivity index (χ1) is 7.77. The van der Waals surface area contributed by atoms with Gasteiger partial charge in [0, 0.05) is 6.54 Å². The van der Waals surface area contributed by atoms with Crippen molar-refractivity contribution in [2.75, 3.05) is 12.3 Å². The van der Waals surface area contributed by atoms with Gasteiger partial charge < -0.3 is 5.32 Å². The molecular weight excluding hydrogens is 254 g/mol. The molecule has 1 N–H and O–H groups in total. The number of hydrogen-bond acceptors (Lipinski definition) is 2. The average molecular weight is 280 g/mol. The fourth-order valence-electron chi connectivity index (χ4n) is 1.67. The molecule has 16 heavy (non-hydrogen) atoms. The summed E-state index contributed by atoms with van der Waals surface area (Å²) in [5.41, 5.74) is 0. The Hall–Kier alpha value is 0.590. The molecule has 0 spiro atoms. The van der Waals surface area contributed by atoms with Crippen molar-refractivity contribution in [3.8, 4) is 0 Å². The zero-order chi connectivity index (χ0) is 12.1. The van der Waals surface area contributed by atoms with Crippen LogP contribution in [0.3, 0.4) is 0 Å². The van der Waals surface area contributed by atoms with Crippen LogP contribution in [0, 0.1) is 0 Å². The summed E-state index contributed by atoms with van der Waals surface area (Å²) in [5.74, 6) is 1.04. The van der Waals surface area contributed by atoms with E-state index in [1.54, 1.807) is 0 Å². The Morgan fingerprint density at radius 1 is 0.812 bits per heavy atom. The van der Waals surface area contributed by atoms with Crippen molar-refractivity contribution in [1.29, 1.82) is 0 Å². The molecule has 0 fully saturated rings. The Bertz CT molecular complexity index is 162. The molecule has 0 rings (SSSR count). The summed E-state index contributed by atoms with van der Waals surface area (Å²) in [6, 6.07) is 0. The van der Waals surface area contributed by atoms with Crippen molar-refractivity contribution in [3.63, 3.8) is 0 Å². The zero-order valence-corrected chi connectivity index (χ0v) is 12.7. The van der Waals surface area contributed by atoms with Crippen LogP contribution in [-0.4, -0.2) is 16.6 Å². The molecule has 0 heterocycles. The maximum atomic E-state index is 4.81. The molecular formula is C12H25NS3. The van der Waals surface area contributed by atoms with E-state index in [2.05, 4.69) is 30.6 Å². The summed E-state index contributed by atoms with van der Waals surface area (Å²) in [7, 11) is 0. The Balaban J connectivity index is 2.90. The lowest BCUT2D eigenvalue weighted by Gasteiger charge is -2.03. The summed E-state index contributed by atoms with van der Waals surface area (Å²) < 4.78 is 0.615. The molecule has 0 aromatic carbocycles. The van der Waals surface area contributed by atoms with Gasteiger partial charge in [-0.15, -0.1) is 12.6 Å². The van der Waals surface area contributed by atoms with Crippen LogP contribution in [0.25, 0.3) is 0 Å². The molecule has 96 valence electrons. The molecule has 0 aliphatic carbocycles. The predicted octanol–water partition coefficient (Wildman–Crippen LogP) is 4.23. The fraction of sp³-hybridized carbons (Fsp3) is 0.917. The van der Waals surface area contributed by atoms with Crippen LogP contribution < -0.4 is 5.32 Å². The Kier molecular flexibility index (Phi) is 14.2. The van der Waals surface area contributed by atoms with Crippen LogP contribution >= 0.6 is 37.5 Å². The molecule has 4 heteroatoms. The summed E-state index contributed by atoms with van der Waals surface area (Å²) >= 11 is 13.0. The Morgan fingerprint density at radius 3 is 1.69 bits per heavy atom. The summed E-state index contributed by atoms with van der Waals surface area (Å²) in [5, 5.41) is 3.06. The maximum absolute atomic E-state index is 4.81. The molecule has 0 atom stereocenters. The summed E-state index contributed by atoms with van der Waals surface area (Å²) in [4.78, 5) is 0. The largest absolute Gasteiger partial charge is 0.371 e. The number of nitrogens with one attached hydrogen (secondary N) is 1. The molecule has 0 aromatic rings. The van der Waals surface area contributed by atoms with E-state index in [-0.39, 0.29) is 0 Å². The molecule has 0 radical (unpaired) electrons. The van der Waals surface area contributed by atoms with Crippen molar-refractivity contribution in [1.82, 2.24) is 5.32 Å². The van der Waals surface area contributed by atoms with Gasteiger partial charge >= 0.3 is 0 Å². The van der Waals surface area contributed by atoms with E-state index >= 15 is 0 Å². The van der Waals surface area contributed by atoms with Gasteiger partial charge in [-0.3, -0.25) is 0 Å². The smallest absolute Gasteiger partial charge is 0.130 e. The number of thiol groups is 2. The van der Waals surface area contributed by atoms with E-state index in [1.165, 1.54) is 57.8 Å². The minimum Gasteiger partial charge on any atom is -0.371 e. The highest BCUT2D eigenvalue weighted by Crippen LogP contribution is 2.09. The Morgan fingerprint density at radius 2 is 1.25 bits per heavy atom. The van der Waals surface area contributed by atoms with Crippen molar-refractivity contribution < 1.29 is 0 Å². The van der Waals surface area contributed by atoms with Crippen molar-refractivity contribution >= 4 is 41.8 Å². The predicted molar refractivity (Wildman–Crippen MR) is 85.0 cm³/mol. The highest BCUT2D eigenvalue weighted by molar-refractivity contribution is 8.11. The molecule has 0 aliphatic heterocycles. The van der Waals surface area contributed by atoms with Crippen LogP contribution in [-0.2, 0) is 0 Å². The van der Waals surface area contributed by atoms with Gasteiger partial charge in [0.05, 0.1) is 0 Å². The van der Waals surface area contributed by atoms with Gasteiger partial charge in [0.15, 0.2) is 0 Å². The number of thiocarbonyl (C=S) groups is 1. The second-order valence-corrected chi connectivity index (χ2v) is 5.74. The van der Waals surface area contributed by atoms with Crippen LogP contribution in [0.2, 0.25) is 0 Å². The van der Waals surface area contributed by atoms with Crippen molar-refractivity contribution in [2.24, 2.45) is 0 Å². The first-order valence-electron chi connectivity index (χ1n) is 6.35. The van der Waals surface area contributed by atoms with Crippen LogP contribution in [0.1, 0.15) is 57.8 Å². The number of rotatable bonds is 11. The minimum absolute atomic E-state index is 0.615. The molecule has 0 unspecified atom stereocenters. The first-order valence-corrected chi connectivity index (χ1v) is 7.84. The average Bonchev–Trinajstić information content (AvgIpc) is 2.25. The molecule has 0 aromatic heterocycles. The summed E-state index contributed by atoms with van der Waals surface area (Å²) in [6.45, 7) is 0.976. The van der Waals surface area contributed by atoms with Gasteiger partial charge in [-0.25, -0.2) is 0 Å². The van der Waals surface area contributed by atoms with Gasteiger partial charge in [-0.05, 0) is 18.6 Å². The lowest BCUT2D eigenvalue weighted by atomic mass is 10.1. The lowest BCUT2D eigenvalue weighted by Crippen LogP contribution is -2.17. The van der Waals surface area contributed by atoms with E-state index in [0.29, 0.717) is 4.32 Å². The third kappa shape index (κ3) is 14.6. The first kappa shape index (κ1) is 16.6. The fourth-order valence-corrected chi connectivity index (χ4v) is 2.11. The summed E-state index contributed by atoms with van der Waals surface area (Å²) in [6.07, 6.45) is 12.1. The standard InChI is InChI=1S/C12H25NS3/c14-11-9-7-5-3-1-2-4-6-8-10-13-12(15)16/h14H,1-11H2,(H2,13,15,16). The quantitative estimate of drug-likeness (QED) is 0.297. The van der Waals surface area contributed by atoms with E-state index in [9.17, 15) is 0 Å². The lowest BCUT2D eigenvalue weighted by molar-refractivity contribution is 0.564. The molecule has 0 saturated carbocycles. The minimum atomic E-state index is 0.615. The van der Waals surface area contributed by atoms with Gasteiger partial charge in [0.2, 0.25) is 0 Å². The monoisotopic (exact) mass is 279 g/mol. The van der Waals surface area contributed by atoms with E-state index < -0.39 is 0 Å². The van der Waals surface area contributed by atoms with E-state index in [1.807, 2.05) is 0 Å². The zero-order valence-electron chi connectivity index (χ0n) is 10.1. The Labute approximate surface area is 117 Å². The second-order valence-electron chi connectivity index (χ2n) is 4.14. The number of unbranched alkanes of at least 4 members (excludes halogenated alkanes) is 8. The van der Waals surface area contributed by atoms with E-state index in [4.69, 9.17) is 12.2 Å². The molecule has 0 saturated heterocycles. The van der Waals surface area contributed by atoms with Gasteiger partial charge in [0.25, 0.3) is 0 Å². The van der Waals surface area contributed by atoms with Crippen LogP contribution in [0.15, 0.2) is 0 Å². The highest BCUT2D eigenvalue weighted by atomic mass is 32.1. The third-order valence-electron chi connectivity index (χ3n) is 2.61. The maximum Gasteiger partial charge on any atom is 0.130 e. The SMILES string of the molecule is S=C(S)NCCCCCCCCCCCS. The molecule has 0 aliphatic rings. The molecule has 0 amide bonds. The normalized spacial score (nSPS) is 10.4. The van der Waals surface area contributed by atoms with Crippen LogP contribution in [0.4, 0.5) is 0 Å². The van der Waals surface area contributed by atoms with Crippen LogP contribution in [0.5, 0.6) is 0 Å².